The van der Waals surface area contributed by atoms with Crippen LogP contribution in [-0.2, 0) is 4.79 Å². The predicted octanol–water partition coefficient (Wildman–Crippen LogP) is 2.73. The zero-order chi connectivity index (χ0) is 14.3. The van der Waals surface area contributed by atoms with Gasteiger partial charge in [-0.1, -0.05) is 44.2 Å². The average Bonchev–Trinajstić information content (AvgIpc) is 2.44. The van der Waals surface area contributed by atoms with Crippen LogP contribution in [0.15, 0.2) is 30.3 Å². The fraction of sp³-hybridized carbons (Fsp3) is 0.500. The van der Waals surface area contributed by atoms with Gasteiger partial charge in [0.2, 0.25) is 0 Å². The Hall–Kier alpha value is -1.48. The van der Waals surface area contributed by atoms with Crippen molar-refractivity contribution in [2.75, 3.05) is 6.61 Å². The third-order valence-electron chi connectivity index (χ3n) is 3.34. The van der Waals surface area contributed by atoms with Crippen molar-refractivity contribution in [2.45, 2.75) is 26.7 Å². The second-order valence-electron chi connectivity index (χ2n) is 5.30. The molecule has 0 aliphatic carbocycles. The number of carbonyl (C=O) groups excluding carboxylic acids is 2. The van der Waals surface area contributed by atoms with Crippen LogP contribution in [0.25, 0.3) is 0 Å². The molecule has 3 nitrogen and oxygen atoms in total. The van der Waals surface area contributed by atoms with E-state index in [9.17, 15) is 14.7 Å². The molecule has 0 amide bonds. The van der Waals surface area contributed by atoms with E-state index in [0.29, 0.717) is 12.0 Å². The number of aldehydes is 1. The predicted molar refractivity (Wildman–Crippen MR) is 75.0 cm³/mol. The van der Waals surface area contributed by atoms with Gasteiger partial charge in [-0.15, -0.1) is 0 Å². The Bertz CT molecular complexity index is 400. The van der Waals surface area contributed by atoms with E-state index in [1.165, 1.54) is 0 Å². The summed E-state index contributed by atoms with van der Waals surface area (Å²) < 4.78 is 0. The monoisotopic (exact) mass is 262 g/mol. The molecule has 1 aromatic rings. The summed E-state index contributed by atoms with van der Waals surface area (Å²) in [5.41, 5.74) is 0.636. The van der Waals surface area contributed by atoms with Crippen molar-refractivity contribution in [2.24, 2.45) is 17.8 Å². The molecule has 0 unspecified atom stereocenters. The Morgan fingerprint density at radius 1 is 1.21 bits per heavy atom. The van der Waals surface area contributed by atoms with Crippen LogP contribution in [0, 0.1) is 17.8 Å². The molecular weight excluding hydrogens is 240 g/mol. The van der Waals surface area contributed by atoms with Gasteiger partial charge in [0, 0.05) is 17.4 Å². The maximum Gasteiger partial charge on any atom is 0.168 e. The van der Waals surface area contributed by atoms with Crippen LogP contribution >= 0.6 is 0 Å². The maximum atomic E-state index is 12.2. The van der Waals surface area contributed by atoms with Crippen LogP contribution in [0.5, 0.6) is 0 Å². The zero-order valence-corrected chi connectivity index (χ0v) is 11.6. The Labute approximate surface area is 114 Å². The molecule has 104 valence electrons. The highest BCUT2D eigenvalue weighted by Crippen LogP contribution is 2.22. The number of benzene rings is 1. The van der Waals surface area contributed by atoms with Gasteiger partial charge in [-0.25, -0.2) is 0 Å². The third-order valence-corrected chi connectivity index (χ3v) is 3.34. The van der Waals surface area contributed by atoms with Crippen molar-refractivity contribution in [1.29, 1.82) is 0 Å². The molecule has 0 aliphatic heterocycles. The fourth-order valence-corrected chi connectivity index (χ4v) is 2.37. The van der Waals surface area contributed by atoms with E-state index in [4.69, 9.17) is 0 Å². The van der Waals surface area contributed by atoms with Gasteiger partial charge in [-0.3, -0.25) is 4.79 Å². The number of Topliss-reactive ketones (excluding diaryl/α,β-unsaturated/α-hetero) is 1. The van der Waals surface area contributed by atoms with Crippen LogP contribution < -0.4 is 0 Å². The van der Waals surface area contributed by atoms with Crippen LogP contribution in [0.1, 0.15) is 37.0 Å². The lowest BCUT2D eigenvalue weighted by molar-refractivity contribution is -0.111. The van der Waals surface area contributed by atoms with Crippen molar-refractivity contribution in [3.8, 4) is 0 Å². The van der Waals surface area contributed by atoms with Crippen LogP contribution in [-0.4, -0.2) is 23.8 Å². The average molecular weight is 262 g/mol. The number of ketones is 1. The number of hydrogen-bond acceptors (Lipinski definition) is 3. The van der Waals surface area contributed by atoms with Gasteiger partial charge >= 0.3 is 0 Å². The summed E-state index contributed by atoms with van der Waals surface area (Å²) in [6, 6.07) is 9.03. The van der Waals surface area contributed by atoms with E-state index in [1.807, 2.05) is 32.0 Å². The molecule has 19 heavy (non-hydrogen) atoms. The molecule has 1 aromatic carbocycles. The summed E-state index contributed by atoms with van der Waals surface area (Å²) in [5.74, 6) is -0.156. The molecule has 0 spiro atoms. The summed E-state index contributed by atoms with van der Waals surface area (Å²) in [5, 5.41) is 9.41. The topological polar surface area (TPSA) is 54.4 Å². The van der Waals surface area contributed by atoms with Gasteiger partial charge < -0.3 is 9.90 Å². The van der Waals surface area contributed by atoms with Crippen LogP contribution in [0.4, 0.5) is 0 Å². The normalized spacial score (nSPS) is 15.5. The van der Waals surface area contributed by atoms with Crippen molar-refractivity contribution in [3.63, 3.8) is 0 Å². The molecule has 1 N–H and O–H groups in total. The molecule has 0 aliphatic rings. The molecule has 0 heterocycles. The minimum absolute atomic E-state index is 0.00108. The van der Waals surface area contributed by atoms with Crippen molar-refractivity contribution >= 4 is 12.1 Å². The van der Waals surface area contributed by atoms with E-state index in [-0.39, 0.29) is 30.1 Å². The molecule has 0 bridgehead atoms. The van der Waals surface area contributed by atoms with Crippen LogP contribution in [0.3, 0.4) is 0 Å². The first kappa shape index (κ1) is 15.6. The molecule has 3 atom stereocenters. The lowest BCUT2D eigenvalue weighted by Gasteiger charge is -2.19. The Morgan fingerprint density at radius 2 is 1.84 bits per heavy atom. The molecule has 3 heteroatoms. The largest absolute Gasteiger partial charge is 0.396 e. The van der Waals surface area contributed by atoms with Gasteiger partial charge in [0.05, 0.1) is 6.61 Å². The summed E-state index contributed by atoms with van der Waals surface area (Å²) in [7, 11) is 0. The summed E-state index contributed by atoms with van der Waals surface area (Å²) in [6.07, 6.45) is 2.30. The van der Waals surface area contributed by atoms with E-state index in [0.717, 1.165) is 12.7 Å². The Kier molecular flexibility index (Phi) is 6.43. The molecular formula is C16H22O3. The van der Waals surface area contributed by atoms with E-state index < -0.39 is 0 Å². The highest BCUT2D eigenvalue weighted by Gasteiger charge is 2.22. The molecule has 0 aromatic heterocycles. The minimum atomic E-state index is -0.378. The minimum Gasteiger partial charge on any atom is -0.396 e. The molecule has 0 radical (unpaired) electrons. The first-order valence-corrected chi connectivity index (χ1v) is 6.73. The SMILES string of the molecule is C[C@H](C[C@H](CO)C(=O)c1ccccc1)C[C@@H](C)C=O. The molecule has 0 saturated carbocycles. The fourth-order valence-electron chi connectivity index (χ4n) is 2.37. The van der Waals surface area contributed by atoms with Gasteiger partial charge in [0.25, 0.3) is 0 Å². The standard InChI is InChI=1S/C16H22O3/c1-12(8-13(2)10-17)9-15(11-18)16(19)14-6-4-3-5-7-14/h3-7,10,12-13,15,18H,8-9,11H2,1-2H3/t12-,13+,15+/m0/s1. The first-order chi connectivity index (χ1) is 9.08. The van der Waals surface area contributed by atoms with Crippen molar-refractivity contribution < 1.29 is 14.7 Å². The molecule has 0 saturated heterocycles. The highest BCUT2D eigenvalue weighted by molar-refractivity contribution is 5.97. The van der Waals surface area contributed by atoms with Gasteiger partial charge in [0.15, 0.2) is 5.78 Å². The van der Waals surface area contributed by atoms with Crippen molar-refractivity contribution in [3.05, 3.63) is 35.9 Å². The number of carbonyl (C=O) groups is 2. The highest BCUT2D eigenvalue weighted by atomic mass is 16.3. The first-order valence-electron chi connectivity index (χ1n) is 6.73. The van der Waals surface area contributed by atoms with Gasteiger partial charge in [-0.05, 0) is 18.8 Å². The number of aliphatic hydroxyl groups excluding tert-OH is 1. The van der Waals surface area contributed by atoms with E-state index in [2.05, 4.69) is 0 Å². The second kappa shape index (κ2) is 7.85. The summed E-state index contributed by atoms with van der Waals surface area (Å²) in [6.45, 7) is 3.74. The summed E-state index contributed by atoms with van der Waals surface area (Å²) >= 11 is 0. The smallest absolute Gasteiger partial charge is 0.168 e. The lowest BCUT2D eigenvalue weighted by Crippen LogP contribution is -2.22. The van der Waals surface area contributed by atoms with E-state index in [1.54, 1.807) is 12.1 Å². The molecule has 1 rings (SSSR count). The van der Waals surface area contributed by atoms with Crippen LogP contribution in [0.2, 0.25) is 0 Å². The molecule has 0 fully saturated rings. The van der Waals surface area contributed by atoms with Gasteiger partial charge in [0.1, 0.15) is 6.29 Å². The van der Waals surface area contributed by atoms with E-state index >= 15 is 0 Å². The van der Waals surface area contributed by atoms with Crippen molar-refractivity contribution in [1.82, 2.24) is 0 Å². The maximum absolute atomic E-state index is 12.2. The van der Waals surface area contributed by atoms with Gasteiger partial charge in [-0.2, -0.15) is 0 Å². The Balaban J connectivity index is 2.63. The number of rotatable bonds is 8. The third kappa shape index (κ3) is 4.95. The Morgan fingerprint density at radius 3 is 2.37 bits per heavy atom. The number of aliphatic hydroxyl groups is 1. The zero-order valence-electron chi connectivity index (χ0n) is 11.6. The number of hydrogen-bond donors (Lipinski definition) is 1. The quantitative estimate of drug-likeness (QED) is 0.579. The lowest BCUT2D eigenvalue weighted by atomic mass is 9.86. The second-order valence-corrected chi connectivity index (χ2v) is 5.30. The summed E-state index contributed by atoms with van der Waals surface area (Å²) in [4.78, 5) is 22.9.